The van der Waals surface area contributed by atoms with Crippen molar-refractivity contribution in [2.24, 2.45) is 10.9 Å². The van der Waals surface area contributed by atoms with Gasteiger partial charge in [0.25, 0.3) is 0 Å². The lowest BCUT2D eigenvalue weighted by Crippen LogP contribution is -2.36. The van der Waals surface area contributed by atoms with Crippen molar-refractivity contribution in [3.63, 3.8) is 0 Å². The maximum Gasteiger partial charge on any atom is 0.336 e. The van der Waals surface area contributed by atoms with Gasteiger partial charge >= 0.3 is 11.9 Å². The summed E-state index contributed by atoms with van der Waals surface area (Å²) >= 11 is 6.18. The van der Waals surface area contributed by atoms with E-state index >= 15 is 0 Å². The van der Waals surface area contributed by atoms with E-state index in [4.69, 9.17) is 21.1 Å². The fraction of sp³-hybridized carbons (Fsp3) is 0.353. The van der Waals surface area contributed by atoms with Gasteiger partial charge in [0.1, 0.15) is 11.7 Å². The number of benzene rings is 1. The monoisotopic (exact) mass is 353 g/mol. The second kappa shape index (κ2) is 7.13. The standard InChI is InChI=1S/C17H17ClFNO4/c1-8-12(16(21)23-3)15(13(9(2)20-8)17(22)24-4)14-10(18)6-5-7-11(14)19/h5-7,12,15H,1-4H3/t12?,15-/m1/s1. The molecular weight excluding hydrogens is 337 g/mol. The summed E-state index contributed by atoms with van der Waals surface area (Å²) in [6.45, 7) is 3.23. The van der Waals surface area contributed by atoms with Gasteiger partial charge in [-0.1, -0.05) is 17.7 Å². The SMILES string of the molecule is COC(=O)C1=C(C)N=C(C)C(C(=O)OC)[C@H]1c1c(F)cccc1Cl. The molecule has 5 nitrogen and oxygen atoms in total. The molecule has 7 heteroatoms. The summed E-state index contributed by atoms with van der Waals surface area (Å²) in [6.07, 6.45) is 0. The molecule has 1 unspecified atom stereocenters. The van der Waals surface area contributed by atoms with Gasteiger partial charge in [-0.05, 0) is 26.0 Å². The van der Waals surface area contributed by atoms with Gasteiger partial charge in [0.15, 0.2) is 0 Å². The minimum atomic E-state index is -0.976. The molecule has 1 aromatic rings. The molecule has 0 radical (unpaired) electrons. The number of halogens is 2. The van der Waals surface area contributed by atoms with Crippen LogP contribution in [0.4, 0.5) is 4.39 Å². The van der Waals surface area contributed by atoms with Crippen LogP contribution in [0.5, 0.6) is 0 Å². The van der Waals surface area contributed by atoms with Crippen LogP contribution < -0.4 is 0 Å². The van der Waals surface area contributed by atoms with E-state index in [-0.39, 0.29) is 16.2 Å². The van der Waals surface area contributed by atoms with Crippen LogP contribution in [0.1, 0.15) is 25.3 Å². The number of methoxy groups -OCH3 is 2. The molecule has 24 heavy (non-hydrogen) atoms. The highest BCUT2D eigenvalue weighted by Gasteiger charge is 2.44. The predicted molar refractivity (Wildman–Crippen MR) is 87.5 cm³/mol. The predicted octanol–water partition coefficient (Wildman–Crippen LogP) is 3.27. The Morgan fingerprint density at radius 2 is 1.88 bits per heavy atom. The quantitative estimate of drug-likeness (QED) is 0.782. The fourth-order valence-corrected chi connectivity index (χ4v) is 3.24. The molecule has 1 aromatic carbocycles. The van der Waals surface area contributed by atoms with E-state index in [0.717, 1.165) is 0 Å². The number of ether oxygens (including phenoxy) is 2. The van der Waals surface area contributed by atoms with Crippen molar-refractivity contribution in [2.45, 2.75) is 19.8 Å². The Kier molecular flexibility index (Phi) is 5.39. The molecule has 0 N–H and O–H groups in total. The number of hydrogen-bond acceptors (Lipinski definition) is 5. The summed E-state index contributed by atoms with van der Waals surface area (Å²) in [5.74, 6) is -3.89. The van der Waals surface area contributed by atoms with E-state index in [1.165, 1.54) is 32.4 Å². The number of allylic oxidation sites excluding steroid dienone is 1. The zero-order chi connectivity index (χ0) is 18.0. The Labute approximate surface area is 144 Å². The summed E-state index contributed by atoms with van der Waals surface area (Å²) in [5.41, 5.74) is 0.897. The van der Waals surface area contributed by atoms with Crippen molar-refractivity contribution in [3.8, 4) is 0 Å². The van der Waals surface area contributed by atoms with E-state index in [1.807, 2.05) is 0 Å². The normalized spacial score (nSPS) is 20.5. The summed E-state index contributed by atoms with van der Waals surface area (Å²) in [6, 6.07) is 4.17. The van der Waals surface area contributed by atoms with E-state index in [1.54, 1.807) is 13.8 Å². The molecule has 1 aliphatic heterocycles. The van der Waals surface area contributed by atoms with Gasteiger partial charge in [-0.2, -0.15) is 0 Å². The molecule has 0 amide bonds. The molecule has 0 aromatic heterocycles. The van der Waals surface area contributed by atoms with Crippen molar-refractivity contribution >= 4 is 29.3 Å². The van der Waals surface area contributed by atoms with Crippen molar-refractivity contribution < 1.29 is 23.5 Å². The Bertz CT molecular complexity index is 737. The Hall–Kier alpha value is -2.21. The lowest BCUT2D eigenvalue weighted by molar-refractivity contribution is -0.143. The maximum atomic E-state index is 14.5. The van der Waals surface area contributed by atoms with Crippen LogP contribution in [-0.4, -0.2) is 31.9 Å². The third kappa shape index (κ3) is 3.06. The number of nitrogens with zero attached hydrogens (tertiary/aromatic N) is 1. The minimum Gasteiger partial charge on any atom is -0.468 e. The molecule has 2 atom stereocenters. The zero-order valence-corrected chi connectivity index (χ0v) is 14.5. The molecule has 0 bridgehead atoms. The number of esters is 2. The number of carbonyl (C=O) groups excluding carboxylic acids is 2. The van der Waals surface area contributed by atoms with Crippen LogP contribution >= 0.6 is 11.6 Å². The van der Waals surface area contributed by atoms with Gasteiger partial charge < -0.3 is 9.47 Å². The fourth-order valence-electron chi connectivity index (χ4n) is 2.96. The highest BCUT2D eigenvalue weighted by molar-refractivity contribution is 6.31. The highest BCUT2D eigenvalue weighted by atomic mass is 35.5. The largest absolute Gasteiger partial charge is 0.468 e. The lowest BCUT2D eigenvalue weighted by Gasteiger charge is -2.31. The van der Waals surface area contributed by atoms with Gasteiger partial charge in [0.2, 0.25) is 0 Å². The van der Waals surface area contributed by atoms with Crippen LogP contribution in [0.25, 0.3) is 0 Å². The van der Waals surface area contributed by atoms with Crippen LogP contribution in [0.15, 0.2) is 34.5 Å². The summed E-state index contributed by atoms with van der Waals surface area (Å²) in [7, 11) is 2.43. The lowest BCUT2D eigenvalue weighted by atomic mass is 9.75. The summed E-state index contributed by atoms with van der Waals surface area (Å²) in [4.78, 5) is 28.8. The van der Waals surface area contributed by atoms with Gasteiger partial charge in [-0.25, -0.2) is 9.18 Å². The molecule has 1 heterocycles. The molecule has 128 valence electrons. The molecule has 2 rings (SSSR count). The number of aliphatic imine (C=N–C) groups is 1. The number of carbonyl (C=O) groups is 2. The topological polar surface area (TPSA) is 65.0 Å². The summed E-state index contributed by atoms with van der Waals surface area (Å²) in [5, 5.41) is 0.109. The van der Waals surface area contributed by atoms with Gasteiger partial charge in [0, 0.05) is 27.9 Å². The summed E-state index contributed by atoms with van der Waals surface area (Å²) < 4.78 is 24.2. The first kappa shape index (κ1) is 18.1. The molecule has 0 saturated heterocycles. The first-order chi connectivity index (χ1) is 11.3. The molecule has 0 saturated carbocycles. The third-order valence-corrected chi connectivity index (χ3v) is 4.33. The van der Waals surface area contributed by atoms with Crippen molar-refractivity contribution in [3.05, 3.63) is 45.9 Å². The zero-order valence-electron chi connectivity index (χ0n) is 13.7. The number of hydrogen-bond donors (Lipinski definition) is 0. The smallest absolute Gasteiger partial charge is 0.336 e. The first-order valence-electron chi connectivity index (χ1n) is 7.19. The van der Waals surface area contributed by atoms with Gasteiger partial charge in [-0.3, -0.25) is 9.79 Å². The second-order valence-electron chi connectivity index (χ2n) is 5.36. The van der Waals surface area contributed by atoms with Crippen LogP contribution in [0.2, 0.25) is 5.02 Å². The number of rotatable bonds is 3. The molecular formula is C17H17ClFNO4. The van der Waals surface area contributed by atoms with Crippen LogP contribution in [0, 0.1) is 11.7 Å². The van der Waals surface area contributed by atoms with Crippen molar-refractivity contribution in [1.29, 1.82) is 0 Å². The molecule has 0 fully saturated rings. The molecule has 0 aliphatic carbocycles. The average molecular weight is 354 g/mol. The second-order valence-corrected chi connectivity index (χ2v) is 5.76. The maximum absolute atomic E-state index is 14.5. The van der Waals surface area contributed by atoms with E-state index in [2.05, 4.69) is 4.99 Å². The van der Waals surface area contributed by atoms with Crippen molar-refractivity contribution in [2.75, 3.05) is 14.2 Å². The van der Waals surface area contributed by atoms with Crippen molar-refractivity contribution in [1.82, 2.24) is 0 Å². The Morgan fingerprint density at radius 1 is 1.21 bits per heavy atom. The van der Waals surface area contributed by atoms with E-state index < -0.39 is 29.6 Å². The Morgan fingerprint density at radius 3 is 2.42 bits per heavy atom. The highest BCUT2D eigenvalue weighted by Crippen LogP contribution is 2.43. The van der Waals surface area contributed by atoms with Crippen LogP contribution in [-0.2, 0) is 19.1 Å². The first-order valence-corrected chi connectivity index (χ1v) is 7.57. The van der Waals surface area contributed by atoms with Crippen LogP contribution in [0.3, 0.4) is 0 Å². The van der Waals surface area contributed by atoms with E-state index in [9.17, 15) is 14.0 Å². The molecule has 1 aliphatic rings. The van der Waals surface area contributed by atoms with Gasteiger partial charge in [0.05, 0.1) is 19.8 Å². The third-order valence-electron chi connectivity index (χ3n) is 4.00. The van der Waals surface area contributed by atoms with Gasteiger partial charge in [-0.15, -0.1) is 0 Å². The Balaban J connectivity index is 2.78. The molecule has 0 spiro atoms. The minimum absolute atomic E-state index is 0.0450. The average Bonchev–Trinajstić information content (AvgIpc) is 2.53. The van der Waals surface area contributed by atoms with E-state index in [0.29, 0.717) is 11.4 Å².